The van der Waals surface area contributed by atoms with E-state index in [-0.39, 0.29) is 5.70 Å². The number of imide groups is 1. The number of rotatable bonds is 4. The molecule has 25 heavy (non-hydrogen) atoms. The lowest BCUT2D eigenvalue weighted by molar-refractivity contribution is -0.578. The molecule has 0 spiro atoms. The van der Waals surface area contributed by atoms with Crippen molar-refractivity contribution in [2.75, 3.05) is 14.1 Å². The zero-order chi connectivity index (χ0) is 18.1. The van der Waals surface area contributed by atoms with Gasteiger partial charge in [-0.25, -0.2) is 5.01 Å². The maximum absolute atomic E-state index is 12.4. The smallest absolute Gasteiger partial charge is 0.345 e. The Morgan fingerprint density at radius 2 is 1.56 bits per heavy atom. The molecule has 0 aliphatic carbocycles. The molecule has 2 aromatic rings. The van der Waals surface area contributed by atoms with Gasteiger partial charge in [0.05, 0.1) is 0 Å². The Morgan fingerprint density at radius 1 is 1.00 bits per heavy atom. The van der Waals surface area contributed by atoms with Gasteiger partial charge in [-0.2, -0.15) is 9.58 Å². The van der Waals surface area contributed by atoms with Crippen LogP contribution in [0.2, 0.25) is 5.02 Å². The van der Waals surface area contributed by atoms with E-state index in [1.807, 2.05) is 36.4 Å². The van der Waals surface area contributed by atoms with Crippen LogP contribution in [0.15, 0.2) is 54.6 Å². The molecule has 0 bridgehead atoms. The Balaban J connectivity index is 1.84. The first-order chi connectivity index (χ1) is 11.9. The summed E-state index contributed by atoms with van der Waals surface area (Å²) >= 11 is 5.88. The SMILES string of the molecule is CN(C)N1C(=O)C(O)=C([n+]2ccc(Cc3ccc(Cl)cc3)cc2)C1=O. The number of pyridine rings is 1. The number of nitrogens with zero attached hydrogens (tertiary/aromatic N) is 3. The van der Waals surface area contributed by atoms with E-state index < -0.39 is 17.6 Å². The number of benzene rings is 1. The van der Waals surface area contributed by atoms with E-state index in [9.17, 15) is 14.7 Å². The van der Waals surface area contributed by atoms with Gasteiger partial charge in [0.25, 0.3) is 5.76 Å². The summed E-state index contributed by atoms with van der Waals surface area (Å²) in [7, 11) is 3.12. The summed E-state index contributed by atoms with van der Waals surface area (Å²) in [6.07, 6.45) is 4.02. The van der Waals surface area contributed by atoms with Crippen molar-refractivity contribution in [3.63, 3.8) is 0 Å². The fourth-order valence-electron chi connectivity index (χ4n) is 2.65. The molecular weight excluding hydrogens is 342 g/mol. The van der Waals surface area contributed by atoms with Gasteiger partial charge in [-0.15, -0.1) is 0 Å². The average molecular weight is 359 g/mol. The van der Waals surface area contributed by atoms with Gasteiger partial charge in [0.2, 0.25) is 0 Å². The van der Waals surface area contributed by atoms with E-state index in [0.29, 0.717) is 11.4 Å². The highest BCUT2D eigenvalue weighted by Crippen LogP contribution is 2.19. The third kappa shape index (κ3) is 3.26. The van der Waals surface area contributed by atoms with Crippen LogP contribution in [0.4, 0.5) is 0 Å². The Labute approximate surface area is 150 Å². The Hall–Kier alpha value is -2.70. The fourth-order valence-corrected chi connectivity index (χ4v) is 2.78. The largest absolute Gasteiger partial charge is 0.498 e. The van der Waals surface area contributed by atoms with Crippen LogP contribution in [0.25, 0.3) is 5.70 Å². The highest BCUT2D eigenvalue weighted by atomic mass is 35.5. The normalized spacial score (nSPS) is 14.8. The van der Waals surface area contributed by atoms with Crippen LogP contribution in [0, 0.1) is 0 Å². The lowest BCUT2D eigenvalue weighted by Gasteiger charge is -2.19. The van der Waals surface area contributed by atoms with Gasteiger partial charge in [0, 0.05) is 31.3 Å². The standard InChI is InChI=1S/C18H16ClN3O3/c1-20(2)22-17(24)15(16(23)18(22)25)21-9-7-13(8-10-21)11-12-3-5-14(19)6-4-12/h3-10H,11H2,1-2H3/p+1. The highest BCUT2D eigenvalue weighted by molar-refractivity contribution is 6.30. The second kappa shape index (κ2) is 6.66. The van der Waals surface area contributed by atoms with Gasteiger partial charge in [-0.1, -0.05) is 23.7 Å². The summed E-state index contributed by atoms with van der Waals surface area (Å²) in [5, 5.41) is 13.0. The number of amides is 2. The first-order valence-corrected chi connectivity index (χ1v) is 8.00. The zero-order valence-corrected chi connectivity index (χ0v) is 14.6. The molecule has 1 N–H and O–H groups in total. The number of aliphatic hydroxyl groups excluding tert-OH is 1. The van der Waals surface area contributed by atoms with Gasteiger partial charge in [-0.05, 0) is 29.7 Å². The molecule has 0 saturated heterocycles. The number of carbonyl (C=O) groups excluding carboxylic acids is 2. The summed E-state index contributed by atoms with van der Waals surface area (Å²) in [6, 6.07) is 11.2. The topological polar surface area (TPSA) is 64.7 Å². The monoisotopic (exact) mass is 358 g/mol. The molecule has 7 heteroatoms. The van der Waals surface area contributed by atoms with Crippen molar-refractivity contribution in [1.29, 1.82) is 0 Å². The van der Waals surface area contributed by atoms with Crippen LogP contribution in [-0.4, -0.2) is 41.0 Å². The number of aromatic nitrogens is 1. The molecule has 0 saturated carbocycles. The van der Waals surface area contributed by atoms with Crippen LogP contribution < -0.4 is 4.57 Å². The minimum absolute atomic E-state index is 0.0586. The molecule has 128 valence electrons. The molecule has 0 unspecified atom stereocenters. The predicted molar refractivity (Wildman–Crippen MR) is 92.3 cm³/mol. The number of hydrazine groups is 1. The van der Waals surface area contributed by atoms with Gasteiger partial charge >= 0.3 is 17.5 Å². The van der Waals surface area contributed by atoms with Gasteiger partial charge in [0.15, 0.2) is 12.4 Å². The molecule has 0 atom stereocenters. The van der Waals surface area contributed by atoms with E-state index in [1.165, 1.54) is 9.58 Å². The number of hydrogen-bond donors (Lipinski definition) is 1. The van der Waals surface area contributed by atoms with E-state index >= 15 is 0 Å². The van der Waals surface area contributed by atoms with Crippen molar-refractivity contribution in [2.45, 2.75) is 6.42 Å². The van der Waals surface area contributed by atoms with Crippen LogP contribution in [0.3, 0.4) is 0 Å². The maximum atomic E-state index is 12.4. The van der Waals surface area contributed by atoms with Crippen molar-refractivity contribution in [2.24, 2.45) is 0 Å². The molecule has 3 rings (SSSR count). The minimum atomic E-state index is -0.734. The summed E-state index contributed by atoms with van der Waals surface area (Å²) in [4.78, 5) is 24.4. The zero-order valence-electron chi connectivity index (χ0n) is 13.8. The molecule has 0 radical (unpaired) electrons. The Bertz CT molecular complexity index is 858. The van der Waals surface area contributed by atoms with Gasteiger partial charge < -0.3 is 5.11 Å². The summed E-state index contributed by atoms with van der Waals surface area (Å²) in [5.41, 5.74) is 2.08. The molecule has 1 aliphatic rings. The van der Waals surface area contributed by atoms with Gasteiger partial charge in [-0.3, -0.25) is 9.59 Å². The molecule has 0 fully saturated rings. The fraction of sp³-hybridized carbons (Fsp3) is 0.167. The molecular formula is C18H17ClN3O3+. The first-order valence-electron chi connectivity index (χ1n) is 7.62. The van der Waals surface area contributed by atoms with Crippen molar-refractivity contribution in [3.05, 3.63) is 70.7 Å². The van der Waals surface area contributed by atoms with Crippen molar-refractivity contribution >= 4 is 29.1 Å². The summed E-state index contributed by atoms with van der Waals surface area (Å²) in [6.45, 7) is 0. The quantitative estimate of drug-likeness (QED) is 0.668. The van der Waals surface area contributed by atoms with Crippen molar-refractivity contribution < 1.29 is 19.3 Å². The van der Waals surface area contributed by atoms with Crippen LogP contribution in [0.1, 0.15) is 11.1 Å². The van der Waals surface area contributed by atoms with E-state index in [1.54, 1.807) is 26.5 Å². The van der Waals surface area contributed by atoms with Crippen LogP contribution >= 0.6 is 11.6 Å². The lowest BCUT2D eigenvalue weighted by atomic mass is 10.1. The Morgan fingerprint density at radius 3 is 2.08 bits per heavy atom. The highest BCUT2D eigenvalue weighted by Gasteiger charge is 2.46. The van der Waals surface area contributed by atoms with Crippen molar-refractivity contribution in [3.8, 4) is 0 Å². The van der Waals surface area contributed by atoms with Crippen molar-refractivity contribution in [1.82, 2.24) is 10.0 Å². The summed E-state index contributed by atoms with van der Waals surface area (Å²) in [5.74, 6) is -1.86. The molecule has 1 aliphatic heterocycles. The number of halogens is 1. The third-order valence-corrected chi connectivity index (χ3v) is 4.14. The number of carbonyl (C=O) groups is 2. The van der Waals surface area contributed by atoms with Gasteiger partial charge in [0.1, 0.15) is 0 Å². The number of aliphatic hydroxyl groups is 1. The summed E-state index contributed by atoms with van der Waals surface area (Å²) < 4.78 is 1.45. The van der Waals surface area contributed by atoms with Crippen LogP contribution in [0.5, 0.6) is 0 Å². The average Bonchev–Trinajstić information content (AvgIpc) is 2.80. The van der Waals surface area contributed by atoms with Crippen LogP contribution in [-0.2, 0) is 16.0 Å². The molecule has 2 heterocycles. The lowest BCUT2D eigenvalue weighted by Crippen LogP contribution is -2.45. The van der Waals surface area contributed by atoms with E-state index in [4.69, 9.17) is 11.6 Å². The molecule has 6 nitrogen and oxygen atoms in total. The van der Waals surface area contributed by atoms with E-state index in [0.717, 1.165) is 16.1 Å². The Kier molecular flexibility index (Phi) is 4.57. The molecule has 1 aromatic heterocycles. The van der Waals surface area contributed by atoms with E-state index in [2.05, 4.69) is 0 Å². The maximum Gasteiger partial charge on any atom is 0.345 e. The second-order valence-corrected chi connectivity index (χ2v) is 6.32. The molecule has 1 aromatic carbocycles. The second-order valence-electron chi connectivity index (χ2n) is 5.88. The third-order valence-electron chi connectivity index (χ3n) is 3.89. The number of hydrogen-bond acceptors (Lipinski definition) is 4. The minimum Gasteiger partial charge on any atom is -0.498 e. The first kappa shape index (κ1) is 17.1. The predicted octanol–water partition coefficient (Wildman–Crippen LogP) is 1.79. The molecule has 2 amide bonds.